The van der Waals surface area contributed by atoms with Crippen LogP contribution >= 0.6 is 0 Å². The van der Waals surface area contributed by atoms with Crippen LogP contribution in [0.1, 0.15) is 47.5 Å². The van der Waals surface area contributed by atoms with Gasteiger partial charge in [0.25, 0.3) is 0 Å². The molecular weight excluding hydrogens is 198 g/mol. The molecule has 0 saturated carbocycles. The highest BCUT2D eigenvalue weighted by atomic mass is 15.1. The van der Waals surface area contributed by atoms with E-state index in [0.29, 0.717) is 6.04 Å². The Morgan fingerprint density at radius 1 is 1.31 bits per heavy atom. The normalized spacial score (nSPS) is 14.2. The lowest BCUT2D eigenvalue weighted by Crippen LogP contribution is -2.32. The van der Waals surface area contributed by atoms with Gasteiger partial charge in [-0.1, -0.05) is 20.3 Å². The average molecular weight is 227 g/mol. The van der Waals surface area contributed by atoms with Crippen LogP contribution in [-0.2, 0) is 0 Å². The zero-order valence-electron chi connectivity index (χ0n) is 11.7. The van der Waals surface area contributed by atoms with Gasteiger partial charge in [-0.15, -0.1) is 0 Å². The summed E-state index contributed by atoms with van der Waals surface area (Å²) in [7, 11) is 0. The Morgan fingerprint density at radius 3 is 2.50 bits per heavy atom. The first kappa shape index (κ1) is 15.4. The molecule has 0 rings (SSSR count). The first-order chi connectivity index (χ1) is 7.63. The molecule has 0 aliphatic carbocycles. The van der Waals surface area contributed by atoms with Crippen molar-refractivity contribution >= 4 is 5.84 Å². The van der Waals surface area contributed by atoms with Gasteiger partial charge in [-0.3, -0.25) is 4.99 Å². The molecule has 0 spiro atoms. The zero-order chi connectivity index (χ0) is 12.4. The number of nitrogens with one attached hydrogen (secondary N) is 1. The Balaban J connectivity index is 3.98. The van der Waals surface area contributed by atoms with Gasteiger partial charge in [0.2, 0.25) is 0 Å². The van der Waals surface area contributed by atoms with Gasteiger partial charge in [-0.25, -0.2) is 0 Å². The summed E-state index contributed by atoms with van der Waals surface area (Å²) in [4.78, 5) is 7.11. The average Bonchev–Trinajstić information content (AvgIpc) is 2.24. The third kappa shape index (κ3) is 7.69. The summed E-state index contributed by atoms with van der Waals surface area (Å²) in [5.74, 6) is 1.06. The fraction of sp³-hybridized carbons (Fsp3) is 0.923. The maximum absolute atomic E-state index is 4.63. The fourth-order valence-electron chi connectivity index (χ4n) is 1.81. The van der Waals surface area contributed by atoms with E-state index in [0.717, 1.165) is 25.5 Å². The van der Waals surface area contributed by atoms with Crippen molar-refractivity contribution in [2.24, 2.45) is 4.99 Å². The molecule has 0 aliphatic rings. The van der Waals surface area contributed by atoms with E-state index in [-0.39, 0.29) is 0 Å². The summed E-state index contributed by atoms with van der Waals surface area (Å²) in [5, 5.41) is 3.24. The number of hydrogen-bond acceptors (Lipinski definition) is 2. The lowest BCUT2D eigenvalue weighted by molar-refractivity contribution is 0.271. The number of likely N-dealkylation sites (N-methyl/N-ethyl adjacent to an activating group) is 1. The van der Waals surface area contributed by atoms with Gasteiger partial charge in [0, 0.05) is 13.1 Å². The highest BCUT2D eigenvalue weighted by Gasteiger charge is 2.07. The van der Waals surface area contributed by atoms with E-state index in [1.165, 1.54) is 19.4 Å². The molecule has 16 heavy (non-hydrogen) atoms. The third-order valence-electron chi connectivity index (χ3n) is 2.64. The van der Waals surface area contributed by atoms with Gasteiger partial charge >= 0.3 is 0 Å². The van der Waals surface area contributed by atoms with Crippen molar-refractivity contribution < 1.29 is 0 Å². The smallest absolute Gasteiger partial charge is 0.0935 e. The minimum atomic E-state index is 0.385. The summed E-state index contributed by atoms with van der Waals surface area (Å²) >= 11 is 0. The van der Waals surface area contributed by atoms with Crippen LogP contribution in [-0.4, -0.2) is 43.0 Å². The quantitative estimate of drug-likeness (QED) is 0.510. The molecule has 0 bridgehead atoms. The molecule has 0 aromatic heterocycles. The van der Waals surface area contributed by atoms with Crippen LogP contribution in [0.4, 0.5) is 0 Å². The van der Waals surface area contributed by atoms with Gasteiger partial charge in [0.15, 0.2) is 0 Å². The molecule has 3 heteroatoms. The molecule has 0 radical (unpaired) electrons. The van der Waals surface area contributed by atoms with Crippen LogP contribution in [0, 0.1) is 0 Å². The number of aliphatic imine (C=N–C) groups is 1. The maximum Gasteiger partial charge on any atom is 0.0935 e. The van der Waals surface area contributed by atoms with Gasteiger partial charge in [0.1, 0.15) is 0 Å². The van der Waals surface area contributed by atoms with E-state index in [4.69, 9.17) is 0 Å². The number of amidine groups is 1. The predicted octanol–water partition coefficient (Wildman–Crippen LogP) is 2.52. The van der Waals surface area contributed by atoms with Crippen molar-refractivity contribution in [3.05, 3.63) is 0 Å². The number of hydrogen-bond donors (Lipinski definition) is 1. The molecule has 0 aliphatic heterocycles. The van der Waals surface area contributed by atoms with Crippen LogP contribution in [0.2, 0.25) is 0 Å². The Labute approximate surface area is 101 Å². The minimum Gasteiger partial charge on any atom is -0.374 e. The molecule has 0 aromatic rings. The van der Waals surface area contributed by atoms with Crippen LogP contribution in [0.5, 0.6) is 0 Å². The molecule has 0 saturated heterocycles. The molecule has 1 unspecified atom stereocenters. The van der Waals surface area contributed by atoms with E-state index in [2.05, 4.69) is 42.9 Å². The second-order valence-electron chi connectivity index (χ2n) is 4.34. The molecule has 96 valence electrons. The standard InChI is InChI=1S/C13H29N3/c1-6-9-10-16(8-3)11-12(4)15-13(5)14-7-2/h12H,6-11H2,1-5H3,(H,14,15). The highest BCUT2D eigenvalue weighted by molar-refractivity contribution is 5.79. The summed E-state index contributed by atoms with van der Waals surface area (Å²) < 4.78 is 0. The number of rotatable bonds is 8. The van der Waals surface area contributed by atoms with E-state index in [9.17, 15) is 0 Å². The Morgan fingerprint density at radius 2 is 2.00 bits per heavy atom. The molecule has 0 aromatic carbocycles. The molecule has 1 atom stereocenters. The van der Waals surface area contributed by atoms with Gasteiger partial charge in [0.05, 0.1) is 11.9 Å². The predicted molar refractivity (Wildman–Crippen MR) is 73.3 cm³/mol. The van der Waals surface area contributed by atoms with Crippen molar-refractivity contribution in [1.82, 2.24) is 10.2 Å². The summed E-state index contributed by atoms with van der Waals surface area (Å²) in [6, 6.07) is 0.385. The Hall–Kier alpha value is -0.570. The molecule has 0 heterocycles. The molecule has 3 nitrogen and oxygen atoms in total. The second kappa shape index (κ2) is 9.64. The summed E-state index contributed by atoms with van der Waals surface area (Å²) in [5.41, 5.74) is 0. The van der Waals surface area contributed by atoms with Crippen molar-refractivity contribution in [2.75, 3.05) is 26.2 Å². The summed E-state index contributed by atoms with van der Waals surface area (Å²) in [6.45, 7) is 15.1. The number of unbranched alkanes of at least 4 members (excludes halogenated alkanes) is 1. The van der Waals surface area contributed by atoms with Crippen LogP contribution in [0.15, 0.2) is 4.99 Å². The van der Waals surface area contributed by atoms with Crippen molar-refractivity contribution in [3.63, 3.8) is 0 Å². The van der Waals surface area contributed by atoms with Crippen molar-refractivity contribution in [1.29, 1.82) is 0 Å². The van der Waals surface area contributed by atoms with Crippen LogP contribution in [0.25, 0.3) is 0 Å². The molecular formula is C13H29N3. The lowest BCUT2D eigenvalue weighted by Gasteiger charge is -2.22. The van der Waals surface area contributed by atoms with Crippen molar-refractivity contribution in [2.45, 2.75) is 53.5 Å². The first-order valence-corrected chi connectivity index (χ1v) is 6.64. The number of nitrogens with zero attached hydrogens (tertiary/aromatic N) is 2. The maximum atomic E-state index is 4.63. The van der Waals surface area contributed by atoms with Gasteiger partial charge < -0.3 is 10.2 Å². The largest absolute Gasteiger partial charge is 0.374 e. The van der Waals surface area contributed by atoms with Gasteiger partial charge in [-0.2, -0.15) is 0 Å². The third-order valence-corrected chi connectivity index (χ3v) is 2.64. The summed E-state index contributed by atoms with van der Waals surface area (Å²) in [6.07, 6.45) is 2.56. The molecule has 0 fully saturated rings. The van der Waals surface area contributed by atoms with Crippen molar-refractivity contribution in [3.8, 4) is 0 Å². The zero-order valence-corrected chi connectivity index (χ0v) is 11.7. The highest BCUT2D eigenvalue weighted by Crippen LogP contribution is 1.99. The lowest BCUT2D eigenvalue weighted by atomic mass is 10.2. The van der Waals surface area contributed by atoms with E-state index in [1.54, 1.807) is 0 Å². The monoisotopic (exact) mass is 227 g/mol. The minimum absolute atomic E-state index is 0.385. The Bertz CT molecular complexity index is 190. The topological polar surface area (TPSA) is 27.6 Å². The van der Waals surface area contributed by atoms with E-state index >= 15 is 0 Å². The van der Waals surface area contributed by atoms with Crippen LogP contribution < -0.4 is 5.32 Å². The van der Waals surface area contributed by atoms with Gasteiger partial charge in [-0.05, 0) is 40.3 Å². The SMILES string of the molecule is CCCCN(CC)CC(C)/N=C(\C)NCC. The van der Waals surface area contributed by atoms with E-state index < -0.39 is 0 Å². The first-order valence-electron chi connectivity index (χ1n) is 6.64. The molecule has 0 amide bonds. The van der Waals surface area contributed by atoms with E-state index in [1.807, 2.05) is 6.92 Å². The fourth-order valence-corrected chi connectivity index (χ4v) is 1.81. The molecule has 1 N–H and O–H groups in total. The Kier molecular flexibility index (Phi) is 9.30. The van der Waals surface area contributed by atoms with Crippen LogP contribution in [0.3, 0.4) is 0 Å². The second-order valence-corrected chi connectivity index (χ2v) is 4.34.